The molecule has 0 atom stereocenters. The van der Waals surface area contributed by atoms with E-state index in [1.165, 1.54) is 0 Å². The molecule has 0 aliphatic carbocycles. The molecule has 0 amide bonds. The van der Waals surface area contributed by atoms with Crippen molar-refractivity contribution in [2.75, 3.05) is 12.5 Å². The Morgan fingerprint density at radius 3 is 2.71 bits per heavy atom. The second kappa shape index (κ2) is 5.25. The molecule has 0 saturated carbocycles. The number of aryl methyl sites for hydroxylation is 1. The highest BCUT2D eigenvalue weighted by atomic mass is 15.5. The van der Waals surface area contributed by atoms with Crippen LogP contribution in [0.5, 0.6) is 0 Å². The zero-order valence-electron chi connectivity index (χ0n) is 9.96. The van der Waals surface area contributed by atoms with E-state index in [1.54, 1.807) is 10.9 Å². The Morgan fingerprint density at radius 1 is 1.29 bits per heavy atom. The van der Waals surface area contributed by atoms with Crippen LogP contribution in [-0.2, 0) is 6.42 Å². The highest BCUT2D eigenvalue weighted by molar-refractivity contribution is 5.81. The fraction of sp³-hybridized carbons (Fsp3) is 0.250. The van der Waals surface area contributed by atoms with Crippen LogP contribution < -0.4 is 5.43 Å². The maximum absolute atomic E-state index is 4.32. The first kappa shape index (κ1) is 11.3. The predicted octanol–water partition coefficient (Wildman–Crippen LogP) is 1.76. The van der Waals surface area contributed by atoms with E-state index in [4.69, 9.17) is 0 Å². The lowest BCUT2D eigenvalue weighted by atomic mass is 10.2. The fourth-order valence-electron chi connectivity index (χ4n) is 1.52. The maximum atomic E-state index is 4.32. The van der Waals surface area contributed by atoms with Gasteiger partial charge in [0.2, 0.25) is 0 Å². The fourth-order valence-corrected chi connectivity index (χ4v) is 1.52. The molecule has 17 heavy (non-hydrogen) atoms. The molecule has 0 unspecified atom stereocenters. The molecule has 0 aliphatic rings. The van der Waals surface area contributed by atoms with Crippen LogP contribution in [-0.4, -0.2) is 28.1 Å². The van der Waals surface area contributed by atoms with Gasteiger partial charge in [0, 0.05) is 19.7 Å². The Balaban J connectivity index is 2.24. The number of aromatic nitrogens is 3. The van der Waals surface area contributed by atoms with Gasteiger partial charge in [-0.3, -0.25) is 0 Å². The van der Waals surface area contributed by atoms with Crippen LogP contribution in [0.2, 0.25) is 0 Å². The Labute approximate surface area is 100 Å². The van der Waals surface area contributed by atoms with Gasteiger partial charge in [-0.05, 0) is 5.56 Å². The van der Waals surface area contributed by atoms with Gasteiger partial charge in [-0.15, -0.1) is 10.2 Å². The first-order chi connectivity index (χ1) is 8.35. The minimum absolute atomic E-state index is 0.563. The van der Waals surface area contributed by atoms with Crippen molar-refractivity contribution in [1.29, 1.82) is 0 Å². The second-order valence-electron chi connectivity index (χ2n) is 3.50. The lowest BCUT2D eigenvalue weighted by molar-refractivity contribution is 0.819. The molecular weight excluding hydrogens is 214 g/mol. The highest BCUT2D eigenvalue weighted by Gasteiger charge is 2.06. The van der Waals surface area contributed by atoms with Gasteiger partial charge >= 0.3 is 0 Å². The number of hydrogen-bond acceptors (Lipinski definition) is 4. The lowest BCUT2D eigenvalue weighted by Gasteiger charge is -2.03. The smallest absolute Gasteiger partial charge is 0.269 e. The Morgan fingerprint density at radius 2 is 2.06 bits per heavy atom. The third kappa shape index (κ3) is 2.50. The zero-order valence-corrected chi connectivity index (χ0v) is 9.96. The molecule has 5 nitrogen and oxygen atoms in total. The third-order valence-corrected chi connectivity index (χ3v) is 2.38. The summed E-state index contributed by atoms with van der Waals surface area (Å²) in [6.45, 7) is 2.03. The number of aliphatic imine (C=N–C) groups is 1. The first-order valence-corrected chi connectivity index (χ1v) is 5.56. The molecule has 1 aromatic carbocycles. The van der Waals surface area contributed by atoms with E-state index in [0.29, 0.717) is 5.95 Å². The molecule has 2 rings (SSSR count). The van der Waals surface area contributed by atoms with E-state index in [1.807, 2.05) is 44.3 Å². The van der Waals surface area contributed by atoms with E-state index in [0.717, 1.165) is 17.8 Å². The summed E-state index contributed by atoms with van der Waals surface area (Å²) in [4.78, 5) is 4.32. The van der Waals surface area contributed by atoms with Crippen LogP contribution in [0.3, 0.4) is 0 Å². The van der Waals surface area contributed by atoms with E-state index in [2.05, 4.69) is 20.6 Å². The van der Waals surface area contributed by atoms with Crippen LogP contribution in [0.15, 0.2) is 35.3 Å². The number of benzene rings is 1. The average Bonchev–Trinajstić information content (AvgIpc) is 2.79. The molecule has 0 spiro atoms. The third-order valence-electron chi connectivity index (χ3n) is 2.38. The minimum atomic E-state index is 0.563. The molecule has 1 N–H and O–H groups in total. The molecule has 5 heteroatoms. The maximum Gasteiger partial charge on any atom is 0.269 e. The second-order valence-corrected chi connectivity index (χ2v) is 3.50. The Bertz CT molecular complexity index is 501. The van der Waals surface area contributed by atoms with Gasteiger partial charge in [-0.2, -0.15) is 0 Å². The lowest BCUT2D eigenvalue weighted by Crippen LogP contribution is -2.11. The molecule has 88 valence electrons. The van der Waals surface area contributed by atoms with Crippen LogP contribution in [0.1, 0.15) is 18.3 Å². The van der Waals surface area contributed by atoms with Crippen LogP contribution in [0, 0.1) is 0 Å². The van der Waals surface area contributed by atoms with Gasteiger partial charge < -0.3 is 5.43 Å². The summed E-state index contributed by atoms with van der Waals surface area (Å²) in [5.74, 6) is 1.43. The van der Waals surface area contributed by atoms with Gasteiger partial charge in [0.15, 0.2) is 5.82 Å². The molecule has 0 fully saturated rings. The van der Waals surface area contributed by atoms with E-state index in [-0.39, 0.29) is 0 Å². The van der Waals surface area contributed by atoms with Gasteiger partial charge in [0.05, 0.1) is 0 Å². The number of hydrogen-bond donors (Lipinski definition) is 1. The van der Waals surface area contributed by atoms with Gasteiger partial charge in [-0.1, -0.05) is 37.3 Å². The summed E-state index contributed by atoms with van der Waals surface area (Å²) < 4.78 is 1.78. The summed E-state index contributed by atoms with van der Waals surface area (Å²) in [6.07, 6.45) is 2.59. The van der Waals surface area contributed by atoms with Crippen molar-refractivity contribution in [3.8, 4) is 0 Å². The Hall–Kier alpha value is -2.17. The summed E-state index contributed by atoms with van der Waals surface area (Å²) in [5.41, 5.74) is 4.05. The van der Waals surface area contributed by atoms with Gasteiger partial charge in [-0.25, -0.2) is 9.67 Å². The first-order valence-electron chi connectivity index (χ1n) is 5.56. The van der Waals surface area contributed by atoms with Crippen molar-refractivity contribution >= 4 is 12.2 Å². The van der Waals surface area contributed by atoms with Crippen molar-refractivity contribution in [3.05, 3.63) is 41.7 Å². The molecule has 1 aromatic heterocycles. The minimum Gasteiger partial charge on any atom is -0.325 e. The summed E-state index contributed by atoms with van der Waals surface area (Å²) in [5, 5.41) is 8.08. The monoisotopic (exact) mass is 229 g/mol. The van der Waals surface area contributed by atoms with Gasteiger partial charge in [0.1, 0.15) is 0 Å². The van der Waals surface area contributed by atoms with Crippen LogP contribution in [0.4, 0.5) is 5.95 Å². The molecule has 0 radical (unpaired) electrons. The zero-order chi connectivity index (χ0) is 12.1. The van der Waals surface area contributed by atoms with Crippen molar-refractivity contribution in [2.24, 2.45) is 4.99 Å². The largest absolute Gasteiger partial charge is 0.325 e. The summed E-state index contributed by atoms with van der Waals surface area (Å²) in [6, 6.07) is 9.90. The Kier molecular flexibility index (Phi) is 3.49. The standard InChI is InChI=1S/C12H15N5/c1-3-11-15-16-12(17(11)13-2)14-9-10-7-5-4-6-8-10/h4-9,13H,3H2,1-2H3/b14-9+. The molecular formula is C12H15N5. The molecule has 1 heterocycles. The van der Waals surface area contributed by atoms with E-state index in [9.17, 15) is 0 Å². The molecule has 0 aliphatic heterocycles. The summed E-state index contributed by atoms with van der Waals surface area (Å²) >= 11 is 0. The quantitative estimate of drug-likeness (QED) is 0.813. The van der Waals surface area contributed by atoms with Crippen molar-refractivity contribution < 1.29 is 0 Å². The van der Waals surface area contributed by atoms with Crippen LogP contribution >= 0.6 is 0 Å². The van der Waals surface area contributed by atoms with Gasteiger partial charge in [0.25, 0.3) is 5.95 Å². The molecule has 2 aromatic rings. The normalized spacial score (nSPS) is 10.9. The SMILES string of the molecule is CCc1nnc(/N=C/c2ccccc2)n1NC. The van der Waals surface area contributed by atoms with Crippen molar-refractivity contribution in [1.82, 2.24) is 14.9 Å². The number of rotatable bonds is 4. The van der Waals surface area contributed by atoms with Crippen molar-refractivity contribution in [3.63, 3.8) is 0 Å². The van der Waals surface area contributed by atoms with E-state index >= 15 is 0 Å². The number of nitrogens with one attached hydrogen (secondary N) is 1. The van der Waals surface area contributed by atoms with Crippen LogP contribution in [0.25, 0.3) is 0 Å². The predicted molar refractivity (Wildman–Crippen MR) is 68.4 cm³/mol. The molecule has 0 saturated heterocycles. The number of nitrogens with zero attached hydrogens (tertiary/aromatic N) is 4. The van der Waals surface area contributed by atoms with E-state index < -0.39 is 0 Å². The highest BCUT2D eigenvalue weighted by Crippen LogP contribution is 2.09. The topological polar surface area (TPSA) is 55.1 Å². The average molecular weight is 229 g/mol. The summed E-state index contributed by atoms with van der Waals surface area (Å²) in [7, 11) is 1.82. The molecule has 0 bridgehead atoms. The van der Waals surface area contributed by atoms with Crippen molar-refractivity contribution in [2.45, 2.75) is 13.3 Å².